The highest BCUT2D eigenvalue weighted by atomic mass is 32.1. The van der Waals surface area contributed by atoms with Gasteiger partial charge in [-0.05, 0) is 56.6 Å². The topological polar surface area (TPSA) is 50.3 Å². The van der Waals surface area contributed by atoms with Crippen LogP contribution in [0.5, 0.6) is 5.75 Å². The van der Waals surface area contributed by atoms with E-state index in [9.17, 15) is 0 Å². The second-order valence-electron chi connectivity index (χ2n) is 8.32. The van der Waals surface area contributed by atoms with Crippen molar-refractivity contribution in [2.75, 3.05) is 19.5 Å². The van der Waals surface area contributed by atoms with Crippen molar-refractivity contribution >= 4 is 27.4 Å². The molecular weight excluding hydrogens is 416 g/mol. The van der Waals surface area contributed by atoms with Gasteiger partial charge in [-0.2, -0.15) is 0 Å². The summed E-state index contributed by atoms with van der Waals surface area (Å²) in [4.78, 5) is 14.4. The van der Waals surface area contributed by atoms with Gasteiger partial charge in [-0.15, -0.1) is 11.3 Å². The molecule has 0 saturated heterocycles. The summed E-state index contributed by atoms with van der Waals surface area (Å²) in [5.74, 6) is 2.60. The van der Waals surface area contributed by atoms with Crippen molar-refractivity contribution in [3.05, 3.63) is 81.5 Å². The van der Waals surface area contributed by atoms with Gasteiger partial charge in [-0.25, -0.2) is 9.97 Å². The first-order valence-electron chi connectivity index (χ1n) is 10.8. The van der Waals surface area contributed by atoms with Crippen LogP contribution in [-0.2, 0) is 19.6 Å². The first-order valence-corrected chi connectivity index (χ1v) is 11.6. The van der Waals surface area contributed by atoms with Crippen LogP contribution in [0.4, 0.5) is 5.82 Å². The zero-order valence-corrected chi connectivity index (χ0v) is 20.2. The molecule has 32 heavy (non-hydrogen) atoms. The molecule has 0 atom stereocenters. The van der Waals surface area contributed by atoms with Crippen LogP contribution in [0.25, 0.3) is 10.2 Å². The lowest BCUT2D eigenvalue weighted by atomic mass is 10.1. The fourth-order valence-corrected chi connectivity index (χ4v) is 4.93. The molecule has 0 bridgehead atoms. The van der Waals surface area contributed by atoms with Gasteiger partial charge in [0.1, 0.15) is 22.2 Å². The summed E-state index contributed by atoms with van der Waals surface area (Å²) in [6, 6.07) is 16.7. The largest absolute Gasteiger partial charge is 0.497 e. The van der Waals surface area contributed by atoms with Gasteiger partial charge in [0.05, 0.1) is 19.0 Å². The minimum Gasteiger partial charge on any atom is -0.497 e. The molecule has 0 aliphatic carbocycles. The predicted molar refractivity (Wildman–Crippen MR) is 134 cm³/mol. The van der Waals surface area contributed by atoms with Gasteiger partial charge in [0.25, 0.3) is 0 Å². The second-order valence-corrected chi connectivity index (χ2v) is 9.52. The standard InChI is InChI=1S/C26H30N4OS/c1-17-8-6-10-21(12-17)15-30(4)16-23-28-25(24-18(2)19(3)32-26(24)29-23)27-14-20-9-7-11-22(13-20)31-5/h6-13H,14-16H2,1-5H3,(H,27,28,29). The lowest BCUT2D eigenvalue weighted by molar-refractivity contribution is 0.311. The van der Waals surface area contributed by atoms with Crippen LogP contribution < -0.4 is 10.1 Å². The summed E-state index contributed by atoms with van der Waals surface area (Å²) in [5.41, 5.74) is 4.98. The molecule has 6 heteroatoms. The Morgan fingerprint density at radius 3 is 2.53 bits per heavy atom. The monoisotopic (exact) mass is 446 g/mol. The van der Waals surface area contributed by atoms with Gasteiger partial charge in [0.2, 0.25) is 0 Å². The summed E-state index contributed by atoms with van der Waals surface area (Å²) >= 11 is 1.74. The van der Waals surface area contributed by atoms with E-state index in [2.05, 4.69) is 68.4 Å². The molecule has 5 nitrogen and oxygen atoms in total. The molecule has 2 aromatic heterocycles. The lowest BCUT2D eigenvalue weighted by Gasteiger charge is -2.17. The van der Waals surface area contributed by atoms with Crippen LogP contribution in [0, 0.1) is 20.8 Å². The van der Waals surface area contributed by atoms with E-state index in [1.807, 2.05) is 18.2 Å². The fourth-order valence-electron chi connectivity index (χ4n) is 3.88. The SMILES string of the molecule is COc1cccc(CNc2nc(CN(C)Cc3cccc(C)c3)nc3sc(C)c(C)c23)c1. The number of anilines is 1. The van der Waals surface area contributed by atoms with Crippen LogP contribution in [0.2, 0.25) is 0 Å². The molecule has 0 unspecified atom stereocenters. The van der Waals surface area contributed by atoms with E-state index in [1.54, 1.807) is 18.4 Å². The van der Waals surface area contributed by atoms with Gasteiger partial charge in [-0.3, -0.25) is 4.90 Å². The minimum atomic E-state index is 0.677. The molecule has 0 spiro atoms. The average Bonchev–Trinajstić information content (AvgIpc) is 3.05. The highest BCUT2D eigenvalue weighted by molar-refractivity contribution is 7.18. The van der Waals surface area contributed by atoms with Gasteiger partial charge < -0.3 is 10.1 Å². The van der Waals surface area contributed by atoms with Gasteiger partial charge in [0.15, 0.2) is 0 Å². The zero-order valence-electron chi connectivity index (χ0n) is 19.4. The summed E-state index contributed by atoms with van der Waals surface area (Å²) < 4.78 is 5.36. The van der Waals surface area contributed by atoms with Gasteiger partial charge in [0, 0.05) is 18.0 Å². The van der Waals surface area contributed by atoms with E-state index >= 15 is 0 Å². The van der Waals surface area contributed by atoms with Crippen LogP contribution in [0.15, 0.2) is 48.5 Å². The molecule has 0 aliphatic rings. The number of methoxy groups -OCH3 is 1. The Morgan fingerprint density at radius 1 is 0.969 bits per heavy atom. The molecule has 0 radical (unpaired) electrons. The third-order valence-electron chi connectivity index (χ3n) is 5.62. The van der Waals surface area contributed by atoms with Crippen molar-refractivity contribution in [3.63, 3.8) is 0 Å². The van der Waals surface area contributed by atoms with Gasteiger partial charge in [-0.1, -0.05) is 42.0 Å². The van der Waals surface area contributed by atoms with E-state index in [0.717, 1.165) is 39.7 Å². The highest BCUT2D eigenvalue weighted by Crippen LogP contribution is 2.33. The number of fused-ring (bicyclic) bond motifs is 1. The van der Waals surface area contributed by atoms with Crippen molar-refractivity contribution in [1.82, 2.24) is 14.9 Å². The summed E-state index contributed by atoms with van der Waals surface area (Å²) in [5, 5.41) is 4.69. The molecule has 166 valence electrons. The number of aryl methyl sites for hydroxylation is 3. The number of hydrogen-bond acceptors (Lipinski definition) is 6. The molecule has 2 heterocycles. The molecule has 0 amide bonds. The zero-order chi connectivity index (χ0) is 22.7. The summed E-state index contributed by atoms with van der Waals surface area (Å²) in [7, 11) is 3.81. The average molecular weight is 447 g/mol. The molecule has 0 aliphatic heterocycles. The quantitative estimate of drug-likeness (QED) is 0.367. The van der Waals surface area contributed by atoms with Crippen molar-refractivity contribution in [2.45, 2.75) is 40.4 Å². The summed E-state index contributed by atoms with van der Waals surface area (Å²) in [6.45, 7) is 8.65. The van der Waals surface area contributed by atoms with Crippen LogP contribution >= 0.6 is 11.3 Å². The Bertz CT molecular complexity index is 1230. The molecule has 0 saturated carbocycles. The first-order chi connectivity index (χ1) is 15.4. The minimum absolute atomic E-state index is 0.677. The Balaban J connectivity index is 1.58. The van der Waals surface area contributed by atoms with Crippen LogP contribution in [-0.4, -0.2) is 29.0 Å². The Hall–Kier alpha value is -2.96. The number of nitrogens with zero attached hydrogens (tertiary/aromatic N) is 3. The maximum Gasteiger partial charge on any atom is 0.146 e. The number of rotatable bonds is 8. The number of aromatic nitrogens is 2. The number of thiophene rings is 1. The van der Waals surface area contributed by atoms with E-state index in [0.29, 0.717) is 13.1 Å². The summed E-state index contributed by atoms with van der Waals surface area (Å²) in [6.07, 6.45) is 0. The Kier molecular flexibility index (Phi) is 6.72. The van der Waals surface area contributed by atoms with Crippen LogP contribution in [0.3, 0.4) is 0 Å². The molecular formula is C26H30N4OS. The molecule has 0 fully saturated rings. The van der Waals surface area contributed by atoms with Crippen molar-refractivity contribution in [1.29, 1.82) is 0 Å². The Labute approximate surface area is 194 Å². The van der Waals surface area contributed by atoms with Crippen molar-refractivity contribution in [2.24, 2.45) is 0 Å². The lowest BCUT2D eigenvalue weighted by Crippen LogP contribution is -2.19. The van der Waals surface area contributed by atoms with E-state index < -0.39 is 0 Å². The van der Waals surface area contributed by atoms with E-state index in [-0.39, 0.29) is 0 Å². The molecule has 1 N–H and O–H groups in total. The van der Waals surface area contributed by atoms with Crippen molar-refractivity contribution < 1.29 is 4.74 Å². The first kappa shape index (κ1) is 22.2. The van der Waals surface area contributed by atoms with Crippen LogP contribution in [0.1, 0.15) is 33.0 Å². The maximum atomic E-state index is 5.36. The predicted octanol–water partition coefficient (Wildman–Crippen LogP) is 5.87. The smallest absolute Gasteiger partial charge is 0.146 e. The molecule has 2 aromatic carbocycles. The van der Waals surface area contributed by atoms with E-state index in [4.69, 9.17) is 14.7 Å². The maximum absolute atomic E-state index is 5.36. The van der Waals surface area contributed by atoms with Crippen molar-refractivity contribution in [3.8, 4) is 5.75 Å². The second kappa shape index (κ2) is 9.67. The van der Waals surface area contributed by atoms with E-state index in [1.165, 1.54) is 21.6 Å². The van der Waals surface area contributed by atoms with Gasteiger partial charge >= 0.3 is 0 Å². The normalized spacial score (nSPS) is 11.3. The third kappa shape index (κ3) is 5.09. The number of hydrogen-bond donors (Lipinski definition) is 1. The third-order valence-corrected chi connectivity index (χ3v) is 6.72. The molecule has 4 aromatic rings. The number of benzene rings is 2. The fraction of sp³-hybridized carbons (Fsp3) is 0.308. The number of ether oxygens (including phenoxy) is 1. The number of nitrogens with one attached hydrogen (secondary N) is 1. The highest BCUT2D eigenvalue weighted by Gasteiger charge is 2.16. The Morgan fingerprint density at radius 2 is 1.75 bits per heavy atom. The molecule has 4 rings (SSSR count).